The number of nitrogens with two attached hydrogens (primary N) is 1. The van der Waals surface area contributed by atoms with Gasteiger partial charge < -0.3 is 15.4 Å². The molecule has 5 nitrogen and oxygen atoms in total. The van der Waals surface area contributed by atoms with Crippen molar-refractivity contribution in [2.45, 2.75) is 51.2 Å². The number of amides is 1. The highest BCUT2D eigenvalue weighted by Gasteiger charge is 2.43. The van der Waals surface area contributed by atoms with Gasteiger partial charge in [-0.25, -0.2) is 4.79 Å². The zero-order chi connectivity index (χ0) is 14.1. The third kappa shape index (κ3) is 3.20. The molecule has 0 saturated carbocycles. The Morgan fingerprint density at radius 3 is 2.42 bits per heavy atom. The molecule has 110 valence electrons. The highest BCUT2D eigenvalue weighted by molar-refractivity contribution is 5.68. The van der Waals surface area contributed by atoms with Gasteiger partial charge in [0, 0.05) is 32.7 Å². The van der Waals surface area contributed by atoms with E-state index >= 15 is 0 Å². The Balaban J connectivity index is 2.01. The van der Waals surface area contributed by atoms with Gasteiger partial charge in [0.1, 0.15) is 5.60 Å². The van der Waals surface area contributed by atoms with Crippen LogP contribution in [0.25, 0.3) is 0 Å². The lowest BCUT2D eigenvalue weighted by Crippen LogP contribution is -2.66. The summed E-state index contributed by atoms with van der Waals surface area (Å²) in [5.41, 5.74) is 5.56. The molecule has 2 N–H and O–H groups in total. The molecule has 0 radical (unpaired) electrons. The molecule has 0 aliphatic carbocycles. The lowest BCUT2D eigenvalue weighted by molar-refractivity contribution is -0.0338. The van der Waals surface area contributed by atoms with Crippen LogP contribution in [0.4, 0.5) is 4.79 Å². The van der Waals surface area contributed by atoms with Crippen molar-refractivity contribution in [1.29, 1.82) is 0 Å². The monoisotopic (exact) mass is 269 g/mol. The van der Waals surface area contributed by atoms with Crippen LogP contribution in [0.2, 0.25) is 0 Å². The van der Waals surface area contributed by atoms with Gasteiger partial charge in [0.05, 0.1) is 5.54 Å². The van der Waals surface area contributed by atoms with Crippen molar-refractivity contribution in [2.75, 3.05) is 32.7 Å². The van der Waals surface area contributed by atoms with E-state index in [1.807, 2.05) is 25.7 Å². The van der Waals surface area contributed by atoms with Crippen LogP contribution in [0.1, 0.15) is 40.0 Å². The first-order chi connectivity index (χ1) is 8.86. The lowest BCUT2D eigenvalue weighted by Gasteiger charge is -2.52. The third-order valence-electron chi connectivity index (χ3n) is 4.11. The van der Waals surface area contributed by atoms with E-state index in [0.717, 1.165) is 32.5 Å². The maximum absolute atomic E-state index is 12.2. The molecule has 0 bridgehead atoms. The molecule has 1 unspecified atom stereocenters. The first-order valence-corrected chi connectivity index (χ1v) is 7.29. The minimum Gasteiger partial charge on any atom is -0.444 e. The fourth-order valence-corrected chi connectivity index (χ4v) is 2.94. The molecule has 0 aromatic rings. The van der Waals surface area contributed by atoms with E-state index in [2.05, 4.69) is 4.90 Å². The largest absolute Gasteiger partial charge is 0.444 e. The number of carbonyl (C=O) groups excluding carboxylic acids is 1. The second kappa shape index (κ2) is 5.29. The van der Waals surface area contributed by atoms with Gasteiger partial charge in [-0.05, 0) is 40.0 Å². The Morgan fingerprint density at radius 1 is 1.26 bits per heavy atom. The molecule has 2 aliphatic heterocycles. The van der Waals surface area contributed by atoms with Gasteiger partial charge in [-0.3, -0.25) is 4.90 Å². The van der Waals surface area contributed by atoms with E-state index in [1.165, 1.54) is 6.42 Å². The van der Waals surface area contributed by atoms with Crippen LogP contribution in [0.15, 0.2) is 0 Å². The van der Waals surface area contributed by atoms with Gasteiger partial charge in [0.2, 0.25) is 0 Å². The van der Waals surface area contributed by atoms with Crippen molar-refractivity contribution in [3.8, 4) is 0 Å². The molecule has 1 atom stereocenters. The summed E-state index contributed by atoms with van der Waals surface area (Å²) in [6, 6.07) is 0. The van der Waals surface area contributed by atoms with Gasteiger partial charge in [-0.1, -0.05) is 0 Å². The lowest BCUT2D eigenvalue weighted by atomic mass is 9.85. The smallest absolute Gasteiger partial charge is 0.410 e. The predicted octanol–water partition coefficient (Wildman–Crippen LogP) is 1.42. The van der Waals surface area contributed by atoms with Crippen LogP contribution in [0, 0.1) is 0 Å². The van der Waals surface area contributed by atoms with Gasteiger partial charge in [-0.2, -0.15) is 0 Å². The van der Waals surface area contributed by atoms with Crippen LogP contribution in [0.3, 0.4) is 0 Å². The zero-order valence-corrected chi connectivity index (χ0v) is 12.4. The standard InChI is InChI=1S/C14H27N3O2/c1-13(2,3)19-12(18)16-7-4-6-14(10-15,11-16)17-8-5-9-17/h4-11,15H2,1-3H3. The summed E-state index contributed by atoms with van der Waals surface area (Å²) in [5.74, 6) is 0. The molecule has 0 spiro atoms. The number of likely N-dealkylation sites (tertiary alicyclic amines) is 2. The Bertz CT molecular complexity index is 336. The molecular weight excluding hydrogens is 242 g/mol. The van der Waals surface area contributed by atoms with Crippen molar-refractivity contribution in [3.63, 3.8) is 0 Å². The first-order valence-electron chi connectivity index (χ1n) is 7.29. The number of rotatable bonds is 2. The molecule has 5 heteroatoms. The Labute approximate surface area is 116 Å². The minimum atomic E-state index is -0.434. The minimum absolute atomic E-state index is 0.0204. The van der Waals surface area contributed by atoms with Gasteiger partial charge >= 0.3 is 6.09 Å². The molecule has 1 amide bonds. The van der Waals surface area contributed by atoms with E-state index in [1.54, 1.807) is 0 Å². The number of nitrogens with zero attached hydrogens (tertiary/aromatic N) is 2. The summed E-state index contributed by atoms with van der Waals surface area (Å²) in [6.07, 6.45) is 3.13. The SMILES string of the molecule is CC(C)(C)OC(=O)N1CCCC(CN)(N2CCC2)C1. The number of carbonyl (C=O) groups is 1. The number of ether oxygens (including phenoxy) is 1. The summed E-state index contributed by atoms with van der Waals surface area (Å²) >= 11 is 0. The van der Waals surface area contributed by atoms with E-state index < -0.39 is 5.60 Å². The van der Waals surface area contributed by atoms with Gasteiger partial charge in [0.25, 0.3) is 0 Å². The summed E-state index contributed by atoms with van der Waals surface area (Å²) in [4.78, 5) is 16.5. The van der Waals surface area contributed by atoms with Gasteiger partial charge in [0.15, 0.2) is 0 Å². The first kappa shape index (κ1) is 14.6. The Kier molecular flexibility index (Phi) is 4.06. The topological polar surface area (TPSA) is 58.8 Å². The fourth-order valence-electron chi connectivity index (χ4n) is 2.94. The normalized spacial score (nSPS) is 28.9. The van der Waals surface area contributed by atoms with Crippen LogP contribution in [-0.4, -0.2) is 59.8 Å². The summed E-state index contributed by atoms with van der Waals surface area (Å²) in [6.45, 7) is 10.0. The Hall–Kier alpha value is -0.810. The number of hydrogen-bond donors (Lipinski definition) is 1. The average Bonchev–Trinajstić information content (AvgIpc) is 2.24. The van der Waals surface area contributed by atoms with Crippen molar-refractivity contribution >= 4 is 6.09 Å². The van der Waals surface area contributed by atoms with E-state index in [9.17, 15) is 4.79 Å². The van der Waals surface area contributed by atoms with Crippen LogP contribution < -0.4 is 5.73 Å². The van der Waals surface area contributed by atoms with E-state index in [-0.39, 0.29) is 11.6 Å². The second-order valence-corrected chi connectivity index (χ2v) is 6.77. The molecular formula is C14H27N3O2. The number of hydrogen-bond acceptors (Lipinski definition) is 4. The molecule has 19 heavy (non-hydrogen) atoms. The highest BCUT2D eigenvalue weighted by atomic mass is 16.6. The maximum Gasteiger partial charge on any atom is 0.410 e. The van der Waals surface area contributed by atoms with E-state index in [4.69, 9.17) is 10.5 Å². The van der Waals surface area contributed by atoms with Crippen LogP contribution >= 0.6 is 0 Å². The molecule has 2 aliphatic rings. The number of piperidine rings is 1. The molecule has 0 aromatic heterocycles. The summed E-state index contributed by atoms with van der Waals surface area (Å²) in [7, 11) is 0. The molecule has 2 heterocycles. The maximum atomic E-state index is 12.2. The zero-order valence-electron chi connectivity index (χ0n) is 12.4. The van der Waals surface area contributed by atoms with Crippen molar-refractivity contribution < 1.29 is 9.53 Å². The third-order valence-corrected chi connectivity index (χ3v) is 4.11. The fraction of sp³-hybridized carbons (Fsp3) is 0.929. The quantitative estimate of drug-likeness (QED) is 0.823. The van der Waals surface area contributed by atoms with Crippen LogP contribution in [-0.2, 0) is 4.74 Å². The summed E-state index contributed by atoms with van der Waals surface area (Å²) in [5, 5.41) is 0. The molecule has 2 saturated heterocycles. The molecule has 2 fully saturated rings. The predicted molar refractivity (Wildman–Crippen MR) is 75.0 cm³/mol. The van der Waals surface area contributed by atoms with Crippen molar-refractivity contribution in [2.24, 2.45) is 5.73 Å². The van der Waals surface area contributed by atoms with E-state index in [0.29, 0.717) is 13.1 Å². The average molecular weight is 269 g/mol. The van der Waals surface area contributed by atoms with Crippen molar-refractivity contribution in [1.82, 2.24) is 9.80 Å². The second-order valence-electron chi connectivity index (χ2n) is 6.77. The van der Waals surface area contributed by atoms with Crippen LogP contribution in [0.5, 0.6) is 0 Å². The Morgan fingerprint density at radius 2 is 1.95 bits per heavy atom. The molecule has 0 aromatic carbocycles. The molecule has 2 rings (SSSR count). The van der Waals surface area contributed by atoms with Crippen molar-refractivity contribution in [3.05, 3.63) is 0 Å². The summed E-state index contributed by atoms with van der Waals surface area (Å²) < 4.78 is 5.47. The van der Waals surface area contributed by atoms with Gasteiger partial charge in [-0.15, -0.1) is 0 Å². The highest BCUT2D eigenvalue weighted by Crippen LogP contribution is 2.31.